The number of aryl methyl sites for hydroxylation is 1. The van der Waals surface area contributed by atoms with Crippen molar-refractivity contribution >= 4 is 11.7 Å². The summed E-state index contributed by atoms with van der Waals surface area (Å²) < 4.78 is 29.2. The molecule has 1 aromatic heterocycles. The van der Waals surface area contributed by atoms with Gasteiger partial charge in [-0.25, -0.2) is 18.6 Å². The largest absolute Gasteiger partial charge is 0.465 e. The van der Waals surface area contributed by atoms with E-state index in [1.165, 1.54) is 6.92 Å². The van der Waals surface area contributed by atoms with E-state index < -0.39 is 34.3 Å². The van der Waals surface area contributed by atoms with Gasteiger partial charge in [0.15, 0.2) is 0 Å². The molecule has 0 amide bonds. The standard InChI is InChI=1S/C9H8F2N2O4/c1-4-7(13(15)16)5(9(14)17-2)3-6(12-4)8(10)11/h3,8H,1-2H3. The smallest absolute Gasteiger partial charge is 0.345 e. The maximum atomic E-state index is 12.4. The van der Waals surface area contributed by atoms with Gasteiger partial charge < -0.3 is 4.74 Å². The first-order valence-electron chi connectivity index (χ1n) is 4.40. The fourth-order valence-electron chi connectivity index (χ4n) is 1.30. The SMILES string of the molecule is COC(=O)c1cc(C(F)F)nc(C)c1[N+](=O)[O-]. The number of ether oxygens (including phenoxy) is 1. The van der Waals surface area contributed by atoms with E-state index in [2.05, 4.69) is 9.72 Å². The monoisotopic (exact) mass is 246 g/mol. The van der Waals surface area contributed by atoms with Crippen LogP contribution in [0.1, 0.15) is 28.2 Å². The number of alkyl halides is 2. The Bertz CT molecular complexity index is 476. The highest BCUT2D eigenvalue weighted by Crippen LogP contribution is 2.27. The molecule has 0 bridgehead atoms. The topological polar surface area (TPSA) is 82.3 Å². The maximum absolute atomic E-state index is 12.4. The summed E-state index contributed by atoms with van der Waals surface area (Å²) in [5.74, 6) is -1.05. The van der Waals surface area contributed by atoms with Crippen LogP contribution < -0.4 is 0 Å². The maximum Gasteiger partial charge on any atom is 0.345 e. The van der Waals surface area contributed by atoms with E-state index in [1.54, 1.807) is 0 Å². The summed E-state index contributed by atoms with van der Waals surface area (Å²) in [5, 5.41) is 10.7. The lowest BCUT2D eigenvalue weighted by Crippen LogP contribution is -2.10. The first-order valence-corrected chi connectivity index (χ1v) is 4.40. The van der Waals surface area contributed by atoms with E-state index in [-0.39, 0.29) is 5.69 Å². The van der Waals surface area contributed by atoms with Crippen LogP contribution in [0.15, 0.2) is 6.07 Å². The van der Waals surface area contributed by atoms with Gasteiger partial charge >= 0.3 is 11.7 Å². The highest BCUT2D eigenvalue weighted by atomic mass is 19.3. The minimum atomic E-state index is -2.92. The van der Waals surface area contributed by atoms with E-state index in [1.807, 2.05) is 0 Å². The number of aromatic nitrogens is 1. The Morgan fingerprint density at radius 3 is 2.59 bits per heavy atom. The minimum absolute atomic E-state index is 0.256. The number of hydrogen-bond donors (Lipinski definition) is 0. The molecular formula is C9H8F2N2O4. The molecule has 0 aliphatic carbocycles. The molecule has 1 rings (SSSR count). The van der Waals surface area contributed by atoms with Crippen molar-refractivity contribution in [2.75, 3.05) is 7.11 Å². The number of rotatable bonds is 3. The Kier molecular flexibility index (Phi) is 3.66. The fourth-order valence-corrected chi connectivity index (χ4v) is 1.30. The van der Waals surface area contributed by atoms with Gasteiger partial charge in [0, 0.05) is 0 Å². The first-order chi connectivity index (χ1) is 7.88. The van der Waals surface area contributed by atoms with Crippen molar-refractivity contribution in [2.24, 2.45) is 0 Å². The van der Waals surface area contributed by atoms with E-state index in [0.29, 0.717) is 6.07 Å². The van der Waals surface area contributed by atoms with E-state index in [0.717, 1.165) is 7.11 Å². The number of methoxy groups -OCH3 is 1. The van der Waals surface area contributed by atoms with Gasteiger partial charge in [-0.15, -0.1) is 0 Å². The summed E-state index contributed by atoms with van der Waals surface area (Å²) in [6, 6.07) is 0.668. The summed E-state index contributed by atoms with van der Waals surface area (Å²) in [7, 11) is 1.00. The zero-order chi connectivity index (χ0) is 13.2. The van der Waals surface area contributed by atoms with Crippen molar-refractivity contribution in [3.63, 3.8) is 0 Å². The third-order valence-corrected chi connectivity index (χ3v) is 2.00. The van der Waals surface area contributed by atoms with Gasteiger partial charge in [0.1, 0.15) is 17.0 Å². The van der Waals surface area contributed by atoms with Crippen LogP contribution in [0.4, 0.5) is 14.5 Å². The van der Waals surface area contributed by atoms with Crippen LogP contribution in [0.3, 0.4) is 0 Å². The molecule has 1 heterocycles. The zero-order valence-corrected chi connectivity index (χ0v) is 8.94. The molecule has 0 unspecified atom stereocenters. The van der Waals surface area contributed by atoms with Crippen molar-refractivity contribution in [2.45, 2.75) is 13.3 Å². The third-order valence-electron chi connectivity index (χ3n) is 2.00. The molecule has 17 heavy (non-hydrogen) atoms. The predicted octanol–water partition coefficient (Wildman–Crippen LogP) is 2.02. The second-order valence-corrected chi connectivity index (χ2v) is 3.08. The van der Waals surface area contributed by atoms with E-state index >= 15 is 0 Å². The van der Waals surface area contributed by atoms with Gasteiger partial charge in [-0.05, 0) is 13.0 Å². The lowest BCUT2D eigenvalue weighted by atomic mass is 10.1. The minimum Gasteiger partial charge on any atom is -0.465 e. The van der Waals surface area contributed by atoms with Crippen LogP contribution >= 0.6 is 0 Å². The molecule has 0 saturated carbocycles. The lowest BCUT2D eigenvalue weighted by Gasteiger charge is -2.06. The number of carbonyl (C=O) groups is 1. The Balaban J connectivity index is 3.50. The number of esters is 1. The van der Waals surface area contributed by atoms with Gasteiger partial charge in [-0.2, -0.15) is 0 Å². The molecule has 0 aliphatic heterocycles. The third kappa shape index (κ3) is 2.52. The number of halogens is 2. The Morgan fingerprint density at radius 2 is 2.18 bits per heavy atom. The van der Waals surface area contributed by atoms with Crippen molar-refractivity contribution in [3.8, 4) is 0 Å². The lowest BCUT2D eigenvalue weighted by molar-refractivity contribution is -0.386. The number of nitrogens with zero attached hydrogens (tertiary/aromatic N) is 2. The van der Waals surface area contributed by atoms with Crippen molar-refractivity contribution in [3.05, 3.63) is 33.1 Å². The van der Waals surface area contributed by atoms with Gasteiger partial charge in [-0.1, -0.05) is 0 Å². The van der Waals surface area contributed by atoms with Crippen molar-refractivity contribution in [1.29, 1.82) is 0 Å². The first kappa shape index (κ1) is 12.9. The van der Waals surface area contributed by atoms with Crippen LogP contribution in [0, 0.1) is 17.0 Å². The molecule has 8 heteroatoms. The van der Waals surface area contributed by atoms with Crippen LogP contribution in [-0.2, 0) is 4.74 Å². The average Bonchev–Trinajstić information content (AvgIpc) is 2.26. The molecule has 0 atom stereocenters. The number of pyridine rings is 1. The molecule has 0 N–H and O–H groups in total. The fraction of sp³-hybridized carbons (Fsp3) is 0.333. The molecule has 0 fully saturated rings. The Labute approximate surface area is 94.4 Å². The van der Waals surface area contributed by atoms with Gasteiger partial charge in [0.2, 0.25) is 0 Å². The summed E-state index contributed by atoms with van der Waals surface area (Å²) in [4.78, 5) is 24.5. The molecule has 0 saturated heterocycles. The molecule has 92 valence electrons. The van der Waals surface area contributed by atoms with E-state index in [9.17, 15) is 23.7 Å². The van der Waals surface area contributed by atoms with Crippen LogP contribution in [0.2, 0.25) is 0 Å². The normalized spacial score (nSPS) is 10.4. The van der Waals surface area contributed by atoms with Crippen LogP contribution in [-0.4, -0.2) is 23.0 Å². The van der Waals surface area contributed by atoms with Crippen molar-refractivity contribution in [1.82, 2.24) is 4.98 Å². The summed E-state index contributed by atoms with van der Waals surface area (Å²) in [6.07, 6.45) is -2.92. The molecule has 0 spiro atoms. The number of nitro groups is 1. The van der Waals surface area contributed by atoms with Gasteiger partial charge in [0.05, 0.1) is 12.0 Å². The molecule has 0 aliphatic rings. The summed E-state index contributed by atoms with van der Waals surface area (Å²) >= 11 is 0. The Hall–Kier alpha value is -2.12. The molecular weight excluding hydrogens is 238 g/mol. The highest BCUT2D eigenvalue weighted by molar-refractivity contribution is 5.94. The second-order valence-electron chi connectivity index (χ2n) is 3.08. The molecule has 0 radical (unpaired) electrons. The quantitative estimate of drug-likeness (QED) is 0.463. The van der Waals surface area contributed by atoms with Crippen LogP contribution in [0.5, 0.6) is 0 Å². The summed E-state index contributed by atoms with van der Waals surface area (Å²) in [6.45, 7) is 1.18. The number of carbonyl (C=O) groups excluding carboxylic acids is 1. The van der Waals surface area contributed by atoms with Gasteiger partial charge in [0.25, 0.3) is 6.43 Å². The Morgan fingerprint density at radius 1 is 1.59 bits per heavy atom. The molecule has 6 nitrogen and oxygen atoms in total. The zero-order valence-electron chi connectivity index (χ0n) is 8.94. The van der Waals surface area contributed by atoms with Gasteiger partial charge in [-0.3, -0.25) is 10.1 Å². The average molecular weight is 246 g/mol. The second kappa shape index (κ2) is 4.81. The predicted molar refractivity (Wildman–Crippen MR) is 51.9 cm³/mol. The van der Waals surface area contributed by atoms with E-state index in [4.69, 9.17) is 0 Å². The van der Waals surface area contributed by atoms with Crippen LogP contribution in [0.25, 0.3) is 0 Å². The highest BCUT2D eigenvalue weighted by Gasteiger charge is 2.27. The molecule has 1 aromatic rings. The summed E-state index contributed by atoms with van der Waals surface area (Å²) in [5.41, 5.74) is -2.11. The number of hydrogen-bond acceptors (Lipinski definition) is 5. The molecule has 0 aromatic carbocycles. The van der Waals surface area contributed by atoms with Crippen molar-refractivity contribution < 1.29 is 23.2 Å².